The molecule has 0 aliphatic heterocycles. The molecule has 1 aromatic rings. The number of thiazole rings is 1. The largest absolute Gasteiger partial charge is 0.444 e. The summed E-state index contributed by atoms with van der Waals surface area (Å²) in [6.07, 6.45) is 2.35. The highest BCUT2D eigenvalue weighted by atomic mass is 32.1. The van der Waals surface area contributed by atoms with Gasteiger partial charge >= 0.3 is 6.09 Å². The van der Waals surface area contributed by atoms with Gasteiger partial charge in [0.2, 0.25) is 0 Å². The Morgan fingerprint density at radius 2 is 2.12 bits per heavy atom. The Kier molecular flexibility index (Phi) is 8.84. The predicted molar refractivity (Wildman–Crippen MR) is 108 cm³/mol. The van der Waals surface area contributed by atoms with Crippen LogP contribution in [0, 0.1) is 6.92 Å². The molecule has 1 aromatic heterocycles. The summed E-state index contributed by atoms with van der Waals surface area (Å²) in [5.74, 6) is 0.757. The average molecular weight is 384 g/mol. The second-order valence-corrected chi connectivity index (χ2v) is 8.53. The summed E-state index contributed by atoms with van der Waals surface area (Å²) >= 11 is 1.66. The molecule has 26 heavy (non-hydrogen) atoms. The fraction of sp³-hybridized carbons (Fsp3) is 0.722. The third kappa shape index (κ3) is 8.51. The smallest absolute Gasteiger partial charge is 0.410 e. The van der Waals surface area contributed by atoms with Gasteiger partial charge in [0.15, 0.2) is 5.96 Å². The highest BCUT2D eigenvalue weighted by molar-refractivity contribution is 7.11. The summed E-state index contributed by atoms with van der Waals surface area (Å²) in [6, 6.07) is 0.0573. The number of guanidine groups is 1. The maximum absolute atomic E-state index is 12.1. The fourth-order valence-electron chi connectivity index (χ4n) is 2.07. The van der Waals surface area contributed by atoms with Crippen molar-refractivity contribution in [3.63, 3.8) is 0 Å². The summed E-state index contributed by atoms with van der Waals surface area (Å²) < 4.78 is 5.40. The van der Waals surface area contributed by atoms with Crippen molar-refractivity contribution in [1.29, 1.82) is 0 Å². The summed E-state index contributed by atoms with van der Waals surface area (Å²) in [5.41, 5.74) is -0.484. The van der Waals surface area contributed by atoms with E-state index < -0.39 is 5.60 Å². The van der Waals surface area contributed by atoms with Gasteiger partial charge in [-0.15, -0.1) is 11.3 Å². The van der Waals surface area contributed by atoms with Crippen LogP contribution >= 0.6 is 11.3 Å². The topological polar surface area (TPSA) is 78.9 Å². The SMILES string of the molecule is CCNC(=NCc1ncc(C)s1)NCCC(C)N(C)C(=O)OC(C)(C)C. The molecule has 0 aromatic carbocycles. The first kappa shape index (κ1) is 22.2. The number of aliphatic imine (C=N–C) groups is 1. The lowest BCUT2D eigenvalue weighted by atomic mass is 10.2. The molecule has 1 atom stereocenters. The van der Waals surface area contributed by atoms with Crippen molar-refractivity contribution >= 4 is 23.4 Å². The van der Waals surface area contributed by atoms with Crippen LogP contribution in [0.5, 0.6) is 0 Å². The van der Waals surface area contributed by atoms with Crippen molar-refractivity contribution in [3.05, 3.63) is 16.1 Å². The van der Waals surface area contributed by atoms with E-state index in [-0.39, 0.29) is 12.1 Å². The van der Waals surface area contributed by atoms with Crippen molar-refractivity contribution in [2.24, 2.45) is 4.99 Å². The Bertz CT molecular complexity index is 595. The molecule has 0 spiro atoms. The highest BCUT2D eigenvalue weighted by Crippen LogP contribution is 2.12. The van der Waals surface area contributed by atoms with Crippen LogP contribution in [0.25, 0.3) is 0 Å². The molecule has 1 rings (SSSR count). The lowest BCUT2D eigenvalue weighted by molar-refractivity contribution is 0.0230. The van der Waals surface area contributed by atoms with Crippen LogP contribution in [0.4, 0.5) is 4.79 Å². The number of carbonyl (C=O) groups excluding carboxylic acids is 1. The summed E-state index contributed by atoms with van der Waals surface area (Å²) in [6.45, 7) is 13.7. The van der Waals surface area contributed by atoms with Crippen LogP contribution in [0.2, 0.25) is 0 Å². The number of aryl methyl sites for hydroxylation is 1. The normalized spacial score (nSPS) is 13.3. The Morgan fingerprint density at radius 1 is 1.42 bits per heavy atom. The van der Waals surface area contributed by atoms with Crippen molar-refractivity contribution in [2.75, 3.05) is 20.1 Å². The zero-order valence-electron chi connectivity index (χ0n) is 17.0. The molecule has 1 unspecified atom stereocenters. The van der Waals surface area contributed by atoms with E-state index in [1.54, 1.807) is 23.3 Å². The molecule has 0 saturated heterocycles. The van der Waals surface area contributed by atoms with E-state index in [1.165, 1.54) is 4.88 Å². The lowest BCUT2D eigenvalue weighted by Crippen LogP contribution is -2.42. The number of rotatable bonds is 7. The van der Waals surface area contributed by atoms with Gasteiger partial charge in [-0.1, -0.05) is 0 Å². The van der Waals surface area contributed by atoms with Gasteiger partial charge in [-0.2, -0.15) is 0 Å². The molecule has 7 nitrogen and oxygen atoms in total. The molecule has 0 aliphatic rings. The molecule has 0 aliphatic carbocycles. The first-order valence-corrected chi connectivity index (χ1v) is 9.83. The van der Waals surface area contributed by atoms with E-state index in [2.05, 4.69) is 20.6 Å². The third-order valence-electron chi connectivity index (χ3n) is 3.58. The summed E-state index contributed by atoms with van der Waals surface area (Å²) in [5, 5.41) is 7.53. The van der Waals surface area contributed by atoms with E-state index in [9.17, 15) is 4.79 Å². The lowest BCUT2D eigenvalue weighted by Gasteiger charge is -2.28. The molecule has 0 fully saturated rings. The number of hydrogen-bond donors (Lipinski definition) is 2. The van der Waals surface area contributed by atoms with E-state index in [1.807, 2.05) is 47.7 Å². The number of aromatic nitrogens is 1. The minimum atomic E-state index is -0.484. The molecular formula is C18H33N5O2S. The Balaban J connectivity index is 2.47. The van der Waals surface area contributed by atoms with Crippen LogP contribution in [-0.4, -0.2) is 53.7 Å². The summed E-state index contributed by atoms with van der Waals surface area (Å²) in [7, 11) is 1.77. The summed E-state index contributed by atoms with van der Waals surface area (Å²) in [4.78, 5) is 23.8. The number of nitrogens with zero attached hydrogens (tertiary/aromatic N) is 3. The van der Waals surface area contributed by atoms with Gasteiger partial charge in [0.25, 0.3) is 0 Å². The minimum absolute atomic E-state index is 0.0573. The predicted octanol–water partition coefficient (Wildman–Crippen LogP) is 3.15. The van der Waals surface area contributed by atoms with Gasteiger partial charge in [-0.3, -0.25) is 0 Å². The quantitative estimate of drug-likeness (QED) is 0.558. The Labute approximate surface area is 161 Å². The molecule has 1 heterocycles. The van der Waals surface area contributed by atoms with Crippen molar-refractivity contribution < 1.29 is 9.53 Å². The van der Waals surface area contributed by atoms with E-state index in [0.29, 0.717) is 13.1 Å². The van der Waals surface area contributed by atoms with Crippen LogP contribution in [0.1, 0.15) is 50.9 Å². The first-order chi connectivity index (χ1) is 12.1. The maximum Gasteiger partial charge on any atom is 0.410 e. The zero-order chi connectivity index (χ0) is 19.7. The van der Waals surface area contributed by atoms with E-state index in [0.717, 1.165) is 23.9 Å². The zero-order valence-corrected chi connectivity index (χ0v) is 17.9. The minimum Gasteiger partial charge on any atom is -0.444 e. The number of ether oxygens (including phenoxy) is 1. The average Bonchev–Trinajstić information content (AvgIpc) is 2.95. The molecule has 8 heteroatoms. The van der Waals surface area contributed by atoms with Gasteiger partial charge in [-0.25, -0.2) is 14.8 Å². The van der Waals surface area contributed by atoms with Crippen molar-refractivity contribution in [1.82, 2.24) is 20.5 Å². The molecule has 148 valence electrons. The van der Waals surface area contributed by atoms with Crippen molar-refractivity contribution in [2.45, 2.75) is 66.2 Å². The van der Waals surface area contributed by atoms with E-state index >= 15 is 0 Å². The fourth-order valence-corrected chi connectivity index (χ4v) is 2.78. The van der Waals surface area contributed by atoms with Crippen molar-refractivity contribution in [3.8, 4) is 0 Å². The molecule has 0 bridgehead atoms. The number of carbonyl (C=O) groups is 1. The second kappa shape index (κ2) is 10.4. The molecule has 1 amide bonds. The Morgan fingerprint density at radius 3 is 2.65 bits per heavy atom. The van der Waals surface area contributed by atoms with Crippen LogP contribution in [-0.2, 0) is 11.3 Å². The molecule has 0 radical (unpaired) electrons. The number of amides is 1. The number of hydrogen-bond acceptors (Lipinski definition) is 5. The maximum atomic E-state index is 12.1. The van der Waals surface area contributed by atoms with Crippen LogP contribution in [0.3, 0.4) is 0 Å². The Hall–Kier alpha value is -1.83. The van der Waals surface area contributed by atoms with Gasteiger partial charge in [0.05, 0.1) is 6.54 Å². The van der Waals surface area contributed by atoms with Gasteiger partial charge in [0.1, 0.15) is 10.6 Å². The highest BCUT2D eigenvalue weighted by Gasteiger charge is 2.22. The molecular weight excluding hydrogens is 350 g/mol. The van der Waals surface area contributed by atoms with Gasteiger partial charge < -0.3 is 20.3 Å². The van der Waals surface area contributed by atoms with Crippen LogP contribution in [0.15, 0.2) is 11.2 Å². The van der Waals surface area contributed by atoms with E-state index in [4.69, 9.17) is 4.74 Å². The standard InChI is InChI=1S/C18H33N5O2S/c1-8-19-16(22-12-15-21-11-14(3)26-15)20-10-9-13(2)23(7)17(24)25-18(4,5)6/h11,13H,8-10,12H2,1-7H3,(H2,19,20,22). The third-order valence-corrected chi connectivity index (χ3v) is 4.48. The number of nitrogens with one attached hydrogen (secondary N) is 2. The van der Waals surface area contributed by atoms with Gasteiger partial charge in [-0.05, 0) is 48.0 Å². The molecule has 0 saturated carbocycles. The monoisotopic (exact) mass is 383 g/mol. The van der Waals surface area contributed by atoms with Crippen LogP contribution < -0.4 is 10.6 Å². The first-order valence-electron chi connectivity index (χ1n) is 9.01. The molecule has 2 N–H and O–H groups in total. The van der Waals surface area contributed by atoms with Gasteiger partial charge in [0, 0.05) is 37.3 Å². The second-order valence-electron chi connectivity index (χ2n) is 7.22.